The van der Waals surface area contributed by atoms with E-state index < -0.39 is 0 Å². The van der Waals surface area contributed by atoms with Crippen LogP contribution in [0.15, 0.2) is 12.1 Å². The highest BCUT2D eigenvalue weighted by atomic mass is 16.5. The molecule has 0 aromatic heterocycles. The summed E-state index contributed by atoms with van der Waals surface area (Å²) < 4.78 is 17.1. The Kier molecular flexibility index (Phi) is 7.57. The zero-order valence-corrected chi connectivity index (χ0v) is 16.4. The van der Waals surface area contributed by atoms with Gasteiger partial charge in [-0.2, -0.15) is 0 Å². The summed E-state index contributed by atoms with van der Waals surface area (Å²) in [5.74, 6) is 2.14. The molecule has 26 heavy (non-hydrogen) atoms. The van der Waals surface area contributed by atoms with Crippen LogP contribution < -0.4 is 19.9 Å². The van der Waals surface area contributed by atoms with Gasteiger partial charge in [0.05, 0.1) is 19.8 Å². The van der Waals surface area contributed by atoms with Crippen LogP contribution in [0.4, 0.5) is 0 Å². The molecular formula is C20H32N2O4. The minimum atomic E-state index is -0.00178. The third-order valence-corrected chi connectivity index (χ3v) is 4.73. The smallest absolute Gasteiger partial charge is 0.254 e. The molecule has 0 spiro atoms. The molecule has 1 saturated heterocycles. The summed E-state index contributed by atoms with van der Waals surface area (Å²) in [5.41, 5.74) is 6.57. The van der Waals surface area contributed by atoms with Crippen LogP contribution in [0.25, 0.3) is 0 Å². The summed E-state index contributed by atoms with van der Waals surface area (Å²) in [6.07, 6.45) is 1.88. The maximum absolute atomic E-state index is 13.0. The Morgan fingerprint density at radius 3 is 2.00 bits per heavy atom. The molecule has 0 bridgehead atoms. The van der Waals surface area contributed by atoms with Gasteiger partial charge in [0, 0.05) is 24.7 Å². The zero-order valence-electron chi connectivity index (χ0n) is 16.4. The maximum atomic E-state index is 13.0. The van der Waals surface area contributed by atoms with E-state index in [9.17, 15) is 4.79 Å². The van der Waals surface area contributed by atoms with Gasteiger partial charge in [-0.3, -0.25) is 4.79 Å². The van der Waals surface area contributed by atoms with E-state index >= 15 is 0 Å². The molecule has 0 radical (unpaired) electrons. The summed E-state index contributed by atoms with van der Waals surface area (Å²) in [7, 11) is 0. The van der Waals surface area contributed by atoms with E-state index in [4.69, 9.17) is 19.9 Å². The van der Waals surface area contributed by atoms with Gasteiger partial charge in [0.15, 0.2) is 11.5 Å². The van der Waals surface area contributed by atoms with E-state index in [0.29, 0.717) is 48.6 Å². The number of nitrogens with two attached hydrogens (primary N) is 1. The molecule has 2 rings (SSSR count). The first-order chi connectivity index (χ1) is 12.5. The van der Waals surface area contributed by atoms with Gasteiger partial charge in [-0.25, -0.2) is 0 Å². The van der Waals surface area contributed by atoms with Gasteiger partial charge in [0.2, 0.25) is 5.75 Å². The molecule has 6 heteroatoms. The van der Waals surface area contributed by atoms with Crippen molar-refractivity contribution >= 4 is 5.91 Å². The number of amides is 1. The molecule has 0 saturated carbocycles. The zero-order chi connectivity index (χ0) is 19.1. The third kappa shape index (κ3) is 4.81. The van der Waals surface area contributed by atoms with Gasteiger partial charge < -0.3 is 24.8 Å². The van der Waals surface area contributed by atoms with Crippen molar-refractivity contribution in [3.63, 3.8) is 0 Å². The fourth-order valence-corrected chi connectivity index (χ4v) is 3.32. The molecule has 1 fully saturated rings. The van der Waals surface area contributed by atoms with Crippen LogP contribution in [0.1, 0.15) is 50.9 Å². The Bertz CT molecular complexity index is 568. The third-order valence-electron chi connectivity index (χ3n) is 4.73. The average Bonchev–Trinajstić information content (AvgIpc) is 2.64. The van der Waals surface area contributed by atoms with Crippen LogP contribution in [0.5, 0.6) is 17.2 Å². The second-order valence-corrected chi connectivity index (χ2v) is 6.59. The highest BCUT2D eigenvalue weighted by Crippen LogP contribution is 2.39. The molecule has 1 unspecified atom stereocenters. The quantitative estimate of drug-likeness (QED) is 0.767. The Morgan fingerprint density at radius 1 is 1.08 bits per heavy atom. The van der Waals surface area contributed by atoms with E-state index in [2.05, 4.69) is 0 Å². The number of hydrogen-bond donors (Lipinski definition) is 1. The first-order valence-electron chi connectivity index (χ1n) is 9.63. The van der Waals surface area contributed by atoms with Gasteiger partial charge in [0.1, 0.15) is 0 Å². The number of hydrogen-bond acceptors (Lipinski definition) is 5. The van der Waals surface area contributed by atoms with Crippen molar-refractivity contribution < 1.29 is 19.0 Å². The summed E-state index contributed by atoms with van der Waals surface area (Å²) in [6.45, 7) is 10.7. The highest BCUT2D eigenvalue weighted by Gasteiger charge is 2.27. The average molecular weight is 364 g/mol. The second-order valence-electron chi connectivity index (χ2n) is 6.59. The van der Waals surface area contributed by atoms with Crippen LogP contribution in [-0.2, 0) is 0 Å². The lowest BCUT2D eigenvalue weighted by Crippen LogP contribution is -2.42. The van der Waals surface area contributed by atoms with E-state index in [0.717, 1.165) is 25.9 Å². The number of benzene rings is 1. The number of nitrogens with zero attached hydrogens (tertiary/aromatic N) is 1. The Hall–Kier alpha value is -1.95. The lowest BCUT2D eigenvalue weighted by atomic mass is 9.90. The van der Waals surface area contributed by atoms with Crippen molar-refractivity contribution in [2.45, 2.75) is 46.6 Å². The molecule has 1 aromatic carbocycles. The fourth-order valence-electron chi connectivity index (χ4n) is 3.32. The molecule has 1 atom stereocenters. The van der Waals surface area contributed by atoms with Gasteiger partial charge >= 0.3 is 0 Å². The number of carbonyl (C=O) groups excluding carboxylic acids is 1. The predicted molar refractivity (Wildman–Crippen MR) is 102 cm³/mol. The molecule has 1 aromatic rings. The summed E-state index contributed by atoms with van der Waals surface area (Å²) in [5, 5.41) is 0. The normalized spacial score (nSPS) is 16.3. The molecule has 146 valence electrons. The fraction of sp³-hybridized carbons (Fsp3) is 0.650. The van der Waals surface area contributed by atoms with Gasteiger partial charge in [-0.05, 0) is 58.6 Å². The lowest BCUT2D eigenvalue weighted by Gasteiger charge is -2.34. The van der Waals surface area contributed by atoms with Gasteiger partial charge in [0.25, 0.3) is 5.91 Å². The van der Waals surface area contributed by atoms with Gasteiger partial charge in [-0.15, -0.1) is 0 Å². The van der Waals surface area contributed by atoms with Crippen LogP contribution in [0.2, 0.25) is 0 Å². The van der Waals surface area contributed by atoms with Gasteiger partial charge in [-0.1, -0.05) is 0 Å². The van der Waals surface area contributed by atoms with Crippen LogP contribution in [0, 0.1) is 5.92 Å². The van der Waals surface area contributed by atoms with E-state index in [-0.39, 0.29) is 11.9 Å². The minimum absolute atomic E-state index is 0.00178. The minimum Gasteiger partial charge on any atom is -0.490 e. The van der Waals surface area contributed by atoms with E-state index in [1.54, 1.807) is 12.1 Å². The number of ether oxygens (including phenoxy) is 3. The Labute approximate surface area is 156 Å². The molecule has 1 heterocycles. The molecule has 6 nitrogen and oxygen atoms in total. The molecule has 2 N–H and O–H groups in total. The van der Waals surface area contributed by atoms with Crippen molar-refractivity contribution in [1.82, 2.24) is 4.90 Å². The number of piperidine rings is 1. The maximum Gasteiger partial charge on any atom is 0.254 e. The molecule has 1 aliphatic rings. The molecule has 1 amide bonds. The second kappa shape index (κ2) is 9.67. The van der Waals surface area contributed by atoms with Crippen molar-refractivity contribution in [2.75, 3.05) is 32.9 Å². The number of rotatable bonds is 8. The predicted octanol–water partition coefficient (Wildman–Crippen LogP) is 3.08. The molecule has 1 aliphatic heterocycles. The highest BCUT2D eigenvalue weighted by molar-refractivity contribution is 5.95. The first kappa shape index (κ1) is 20.4. The van der Waals surface area contributed by atoms with Crippen molar-refractivity contribution in [3.05, 3.63) is 17.7 Å². The summed E-state index contributed by atoms with van der Waals surface area (Å²) >= 11 is 0. The first-order valence-corrected chi connectivity index (χ1v) is 9.63. The number of carbonyl (C=O) groups is 1. The molecule has 0 aliphatic carbocycles. The monoisotopic (exact) mass is 364 g/mol. The van der Waals surface area contributed by atoms with Crippen molar-refractivity contribution in [2.24, 2.45) is 11.7 Å². The summed E-state index contributed by atoms with van der Waals surface area (Å²) in [4.78, 5) is 14.9. The lowest BCUT2D eigenvalue weighted by molar-refractivity contribution is 0.0680. The standard InChI is InChI=1S/C20H32N2O4/c1-5-24-17-12-16(13-18(25-6-2)19(17)26-7-3)20(23)22-10-8-15(9-11-22)14(4)21/h12-15H,5-11,21H2,1-4H3. The van der Waals surface area contributed by atoms with Crippen LogP contribution in [-0.4, -0.2) is 49.8 Å². The summed E-state index contributed by atoms with van der Waals surface area (Å²) in [6, 6.07) is 3.69. The van der Waals surface area contributed by atoms with E-state index in [1.807, 2.05) is 32.6 Å². The van der Waals surface area contributed by atoms with Crippen molar-refractivity contribution in [1.29, 1.82) is 0 Å². The van der Waals surface area contributed by atoms with Crippen LogP contribution >= 0.6 is 0 Å². The topological polar surface area (TPSA) is 74.0 Å². The molecular weight excluding hydrogens is 332 g/mol. The Morgan fingerprint density at radius 2 is 1.58 bits per heavy atom. The largest absolute Gasteiger partial charge is 0.490 e. The Balaban J connectivity index is 2.26. The van der Waals surface area contributed by atoms with Crippen LogP contribution in [0.3, 0.4) is 0 Å². The van der Waals surface area contributed by atoms with Crippen molar-refractivity contribution in [3.8, 4) is 17.2 Å². The van der Waals surface area contributed by atoms with E-state index in [1.165, 1.54) is 0 Å². The SMILES string of the molecule is CCOc1cc(C(=O)N2CCC(C(C)N)CC2)cc(OCC)c1OCC. The number of likely N-dealkylation sites (tertiary alicyclic amines) is 1.